The number of hydrogen-bond donors (Lipinski definition) is 0. The molecule has 0 aliphatic carbocycles. The number of benzene rings is 1. The summed E-state index contributed by atoms with van der Waals surface area (Å²) in [6.45, 7) is 8.36. The molecule has 114 valence electrons. The third-order valence-corrected chi connectivity index (χ3v) is 3.92. The standard InChI is InChI=1S/C17H23NO3/c1-4-21-17-6-5-14(13(3)19)9-15(17)11-18-8-7-16(20)12(2)10-18/h5-6,9,12H,4,7-8,10-11H2,1-3H3. The lowest BCUT2D eigenvalue weighted by Crippen LogP contribution is -2.39. The van der Waals surface area contributed by atoms with Gasteiger partial charge in [0.25, 0.3) is 0 Å². The van der Waals surface area contributed by atoms with E-state index in [0.29, 0.717) is 30.9 Å². The van der Waals surface area contributed by atoms with Crippen molar-refractivity contribution in [1.82, 2.24) is 4.90 Å². The maximum absolute atomic E-state index is 11.6. The number of nitrogens with zero attached hydrogens (tertiary/aromatic N) is 1. The third kappa shape index (κ3) is 3.91. The van der Waals surface area contributed by atoms with E-state index < -0.39 is 0 Å². The minimum Gasteiger partial charge on any atom is -0.494 e. The molecule has 1 fully saturated rings. The van der Waals surface area contributed by atoms with E-state index >= 15 is 0 Å². The lowest BCUT2D eigenvalue weighted by Gasteiger charge is -2.30. The molecule has 0 N–H and O–H groups in total. The van der Waals surface area contributed by atoms with E-state index in [1.54, 1.807) is 13.0 Å². The minimum absolute atomic E-state index is 0.0569. The van der Waals surface area contributed by atoms with Gasteiger partial charge in [-0.1, -0.05) is 6.92 Å². The lowest BCUT2D eigenvalue weighted by molar-refractivity contribution is -0.125. The second-order valence-corrected chi connectivity index (χ2v) is 5.66. The first-order chi connectivity index (χ1) is 10.0. The van der Waals surface area contributed by atoms with Crippen LogP contribution in [0.1, 0.15) is 43.1 Å². The van der Waals surface area contributed by atoms with E-state index in [1.165, 1.54) is 0 Å². The Balaban J connectivity index is 2.18. The van der Waals surface area contributed by atoms with Crippen LogP contribution >= 0.6 is 0 Å². The Morgan fingerprint density at radius 1 is 1.43 bits per heavy atom. The molecule has 4 nitrogen and oxygen atoms in total. The number of carbonyl (C=O) groups excluding carboxylic acids is 2. The van der Waals surface area contributed by atoms with Gasteiger partial charge in [0.2, 0.25) is 0 Å². The molecule has 1 aromatic carbocycles. The summed E-state index contributed by atoms with van der Waals surface area (Å²) in [4.78, 5) is 25.4. The molecule has 1 heterocycles. The zero-order chi connectivity index (χ0) is 15.4. The molecule has 1 unspecified atom stereocenters. The Hall–Kier alpha value is -1.68. The summed E-state index contributed by atoms with van der Waals surface area (Å²) in [5.41, 5.74) is 1.72. The topological polar surface area (TPSA) is 46.6 Å². The zero-order valence-electron chi connectivity index (χ0n) is 13.0. The van der Waals surface area contributed by atoms with Gasteiger partial charge in [-0.2, -0.15) is 0 Å². The molecule has 1 aromatic rings. The molecule has 1 aliphatic heterocycles. The lowest BCUT2D eigenvalue weighted by atomic mass is 9.97. The second kappa shape index (κ2) is 6.85. The fourth-order valence-corrected chi connectivity index (χ4v) is 2.70. The van der Waals surface area contributed by atoms with Crippen LogP contribution < -0.4 is 4.74 Å². The van der Waals surface area contributed by atoms with E-state index in [0.717, 1.165) is 24.4 Å². The number of hydrogen-bond acceptors (Lipinski definition) is 4. The Labute approximate surface area is 126 Å². The largest absolute Gasteiger partial charge is 0.494 e. The summed E-state index contributed by atoms with van der Waals surface area (Å²) < 4.78 is 5.66. The third-order valence-electron chi connectivity index (χ3n) is 3.92. The van der Waals surface area contributed by atoms with E-state index in [4.69, 9.17) is 4.74 Å². The first kappa shape index (κ1) is 15.7. The van der Waals surface area contributed by atoms with Crippen LogP contribution in [0.15, 0.2) is 18.2 Å². The number of piperidine rings is 1. The summed E-state index contributed by atoms with van der Waals surface area (Å²) in [6, 6.07) is 5.59. The van der Waals surface area contributed by atoms with Gasteiger partial charge >= 0.3 is 0 Å². The van der Waals surface area contributed by atoms with Gasteiger partial charge in [-0.25, -0.2) is 0 Å². The molecule has 0 bridgehead atoms. The number of likely N-dealkylation sites (tertiary alicyclic amines) is 1. The SMILES string of the molecule is CCOc1ccc(C(C)=O)cc1CN1CCC(=O)C(C)C1. The predicted molar refractivity (Wildman–Crippen MR) is 81.7 cm³/mol. The van der Waals surface area contributed by atoms with Crippen LogP contribution in [0.2, 0.25) is 0 Å². The molecule has 0 radical (unpaired) electrons. The van der Waals surface area contributed by atoms with Crippen LogP contribution in [-0.2, 0) is 11.3 Å². The first-order valence-electron chi connectivity index (χ1n) is 7.53. The van der Waals surface area contributed by atoms with Gasteiger partial charge in [-0.05, 0) is 32.0 Å². The first-order valence-corrected chi connectivity index (χ1v) is 7.53. The summed E-state index contributed by atoms with van der Waals surface area (Å²) in [5.74, 6) is 1.31. The number of Topliss-reactive ketones (excluding diaryl/α,β-unsaturated/α-hetero) is 2. The van der Waals surface area contributed by atoms with Gasteiger partial charge in [0.15, 0.2) is 5.78 Å². The van der Waals surface area contributed by atoms with Crippen LogP contribution in [0.5, 0.6) is 5.75 Å². The molecule has 0 spiro atoms. The van der Waals surface area contributed by atoms with Crippen LogP contribution in [-0.4, -0.2) is 36.2 Å². The van der Waals surface area contributed by atoms with Crippen molar-refractivity contribution in [2.45, 2.75) is 33.7 Å². The molecule has 1 aliphatic rings. The molecule has 21 heavy (non-hydrogen) atoms. The Morgan fingerprint density at radius 3 is 2.81 bits per heavy atom. The molecule has 4 heteroatoms. The Morgan fingerprint density at radius 2 is 2.19 bits per heavy atom. The predicted octanol–water partition coefficient (Wildman–Crippen LogP) is 2.70. The van der Waals surface area contributed by atoms with Crippen molar-refractivity contribution in [3.05, 3.63) is 29.3 Å². The molecular weight excluding hydrogens is 266 g/mol. The average Bonchev–Trinajstić information content (AvgIpc) is 2.45. The zero-order valence-corrected chi connectivity index (χ0v) is 13.0. The molecule has 1 saturated heterocycles. The van der Waals surface area contributed by atoms with Crippen LogP contribution in [0, 0.1) is 5.92 Å². The fraction of sp³-hybridized carbons (Fsp3) is 0.529. The molecule has 0 amide bonds. The van der Waals surface area contributed by atoms with E-state index in [-0.39, 0.29) is 11.7 Å². The van der Waals surface area contributed by atoms with E-state index in [2.05, 4.69) is 4.90 Å². The molecule has 0 aromatic heterocycles. The van der Waals surface area contributed by atoms with Crippen LogP contribution in [0.3, 0.4) is 0 Å². The second-order valence-electron chi connectivity index (χ2n) is 5.66. The average molecular weight is 289 g/mol. The van der Waals surface area contributed by atoms with E-state index in [9.17, 15) is 9.59 Å². The fourth-order valence-electron chi connectivity index (χ4n) is 2.70. The quantitative estimate of drug-likeness (QED) is 0.782. The van der Waals surface area contributed by atoms with Crippen molar-refractivity contribution in [3.8, 4) is 5.75 Å². The normalized spacial score (nSPS) is 19.6. The van der Waals surface area contributed by atoms with Crippen molar-refractivity contribution in [2.24, 2.45) is 5.92 Å². The maximum atomic E-state index is 11.6. The molecular formula is C17H23NO3. The maximum Gasteiger partial charge on any atom is 0.159 e. The monoisotopic (exact) mass is 289 g/mol. The highest BCUT2D eigenvalue weighted by Gasteiger charge is 2.24. The van der Waals surface area contributed by atoms with Gasteiger partial charge < -0.3 is 4.74 Å². The van der Waals surface area contributed by atoms with Gasteiger partial charge in [-0.3, -0.25) is 14.5 Å². The highest BCUT2D eigenvalue weighted by molar-refractivity contribution is 5.94. The summed E-state index contributed by atoms with van der Waals surface area (Å²) in [5, 5.41) is 0. The number of rotatable bonds is 5. The minimum atomic E-state index is 0.0569. The Kier molecular flexibility index (Phi) is 5.12. The smallest absolute Gasteiger partial charge is 0.159 e. The van der Waals surface area contributed by atoms with Gasteiger partial charge in [0.1, 0.15) is 11.5 Å². The van der Waals surface area contributed by atoms with Gasteiger partial charge in [0, 0.05) is 43.1 Å². The molecule has 2 rings (SSSR count). The van der Waals surface area contributed by atoms with Gasteiger partial charge in [-0.15, -0.1) is 0 Å². The highest BCUT2D eigenvalue weighted by Crippen LogP contribution is 2.24. The summed E-state index contributed by atoms with van der Waals surface area (Å²) in [6.07, 6.45) is 0.609. The van der Waals surface area contributed by atoms with Crippen LogP contribution in [0.25, 0.3) is 0 Å². The van der Waals surface area contributed by atoms with Crippen molar-refractivity contribution < 1.29 is 14.3 Å². The summed E-state index contributed by atoms with van der Waals surface area (Å²) >= 11 is 0. The van der Waals surface area contributed by atoms with Crippen molar-refractivity contribution >= 4 is 11.6 Å². The van der Waals surface area contributed by atoms with Crippen molar-refractivity contribution in [3.63, 3.8) is 0 Å². The number of ether oxygens (including phenoxy) is 1. The molecule has 0 saturated carbocycles. The highest BCUT2D eigenvalue weighted by atomic mass is 16.5. The summed E-state index contributed by atoms with van der Waals surface area (Å²) in [7, 11) is 0. The number of carbonyl (C=O) groups is 2. The van der Waals surface area contributed by atoms with Crippen molar-refractivity contribution in [2.75, 3.05) is 19.7 Å². The Bertz CT molecular complexity index is 539. The van der Waals surface area contributed by atoms with Crippen molar-refractivity contribution in [1.29, 1.82) is 0 Å². The molecule has 1 atom stereocenters. The van der Waals surface area contributed by atoms with Gasteiger partial charge in [0.05, 0.1) is 6.61 Å². The van der Waals surface area contributed by atoms with Crippen LogP contribution in [0.4, 0.5) is 0 Å². The number of ketones is 2. The van der Waals surface area contributed by atoms with E-state index in [1.807, 2.05) is 26.0 Å².